The number of likely N-dealkylation sites (tertiary alicyclic amines) is 1. The summed E-state index contributed by atoms with van der Waals surface area (Å²) < 4.78 is 11.6. The van der Waals surface area contributed by atoms with Gasteiger partial charge in [-0.2, -0.15) is 5.10 Å². The van der Waals surface area contributed by atoms with Crippen LogP contribution in [-0.4, -0.2) is 59.5 Å². The molecular formula is C16H25N3O3. The van der Waals surface area contributed by atoms with Crippen molar-refractivity contribution in [3.8, 4) is 0 Å². The number of rotatable bonds is 5. The summed E-state index contributed by atoms with van der Waals surface area (Å²) in [6.45, 7) is 2.23. The van der Waals surface area contributed by atoms with Crippen molar-refractivity contribution in [2.24, 2.45) is 0 Å². The van der Waals surface area contributed by atoms with Gasteiger partial charge in [-0.1, -0.05) is 0 Å². The molecule has 3 heterocycles. The van der Waals surface area contributed by atoms with Crippen LogP contribution in [0.2, 0.25) is 0 Å². The van der Waals surface area contributed by atoms with Crippen LogP contribution in [0.5, 0.6) is 0 Å². The molecule has 122 valence electrons. The highest BCUT2D eigenvalue weighted by molar-refractivity contribution is 5.76. The van der Waals surface area contributed by atoms with Gasteiger partial charge in [0.05, 0.1) is 18.8 Å². The first-order chi connectivity index (χ1) is 10.7. The maximum atomic E-state index is 12.5. The number of nitrogens with zero attached hydrogens (tertiary/aromatic N) is 2. The highest BCUT2D eigenvalue weighted by Gasteiger charge is 2.47. The molecule has 0 aliphatic carbocycles. The highest BCUT2D eigenvalue weighted by atomic mass is 16.6. The summed E-state index contributed by atoms with van der Waals surface area (Å²) in [5.41, 5.74) is 0.884. The number of aromatic nitrogens is 2. The van der Waals surface area contributed by atoms with Gasteiger partial charge in [0.2, 0.25) is 5.91 Å². The standard InChI is InChI=1S/C16H25N3O3/c1-21-14-6-8-19(12-16(14)7-3-9-22-16)15(20)5-2-4-13-10-17-18-11-13/h10-11,14H,2-9,12H2,1H3,(H,17,18)/t14-,16-/m0/s1. The lowest BCUT2D eigenvalue weighted by atomic mass is 9.86. The van der Waals surface area contributed by atoms with Gasteiger partial charge in [0.1, 0.15) is 5.60 Å². The minimum atomic E-state index is -0.271. The maximum Gasteiger partial charge on any atom is 0.222 e. The zero-order chi connectivity index (χ0) is 15.4. The van der Waals surface area contributed by atoms with Crippen molar-refractivity contribution in [2.45, 2.75) is 50.2 Å². The molecule has 0 bridgehead atoms. The van der Waals surface area contributed by atoms with E-state index in [0.29, 0.717) is 13.0 Å². The Hall–Kier alpha value is -1.40. The van der Waals surface area contributed by atoms with E-state index in [9.17, 15) is 4.79 Å². The Kier molecular flexibility index (Phi) is 4.78. The fourth-order valence-electron chi connectivity index (χ4n) is 3.70. The lowest BCUT2D eigenvalue weighted by Gasteiger charge is -2.44. The zero-order valence-corrected chi connectivity index (χ0v) is 13.2. The molecule has 0 saturated carbocycles. The number of carbonyl (C=O) groups excluding carboxylic acids is 1. The number of nitrogens with one attached hydrogen (secondary N) is 1. The number of carbonyl (C=O) groups is 1. The van der Waals surface area contributed by atoms with E-state index in [1.54, 1.807) is 7.11 Å². The molecule has 2 aliphatic rings. The highest BCUT2D eigenvalue weighted by Crippen LogP contribution is 2.36. The molecule has 0 aromatic carbocycles. The fourth-order valence-corrected chi connectivity index (χ4v) is 3.70. The maximum absolute atomic E-state index is 12.5. The number of hydrogen-bond donors (Lipinski definition) is 1. The molecule has 3 rings (SSSR count). The van der Waals surface area contributed by atoms with Crippen molar-refractivity contribution in [3.05, 3.63) is 18.0 Å². The Labute approximate surface area is 131 Å². The first kappa shape index (κ1) is 15.5. The SMILES string of the molecule is CO[C@H]1CCN(C(=O)CCCc2cn[nH]c2)C[C@@]12CCCO2. The van der Waals surface area contributed by atoms with Gasteiger partial charge >= 0.3 is 0 Å². The summed E-state index contributed by atoms with van der Waals surface area (Å²) in [4.78, 5) is 14.4. The molecule has 0 radical (unpaired) electrons. The van der Waals surface area contributed by atoms with Crippen molar-refractivity contribution in [3.63, 3.8) is 0 Å². The number of methoxy groups -OCH3 is 1. The van der Waals surface area contributed by atoms with Gasteiger partial charge < -0.3 is 14.4 Å². The molecule has 1 N–H and O–H groups in total. The molecule has 6 nitrogen and oxygen atoms in total. The Balaban J connectivity index is 1.52. The van der Waals surface area contributed by atoms with E-state index in [-0.39, 0.29) is 17.6 Å². The summed E-state index contributed by atoms with van der Waals surface area (Å²) >= 11 is 0. The van der Waals surface area contributed by atoms with Gasteiger partial charge in [-0.3, -0.25) is 9.89 Å². The number of amides is 1. The number of H-pyrrole nitrogens is 1. The summed E-state index contributed by atoms with van der Waals surface area (Å²) in [6.07, 6.45) is 9.06. The third-order valence-corrected chi connectivity index (χ3v) is 4.89. The molecule has 2 saturated heterocycles. The Morgan fingerprint density at radius 2 is 2.55 bits per heavy atom. The minimum absolute atomic E-state index is 0.116. The molecule has 1 aromatic heterocycles. The van der Waals surface area contributed by atoms with Crippen molar-refractivity contribution < 1.29 is 14.3 Å². The van der Waals surface area contributed by atoms with Gasteiger partial charge in [0.15, 0.2) is 0 Å². The topological polar surface area (TPSA) is 67.5 Å². The summed E-state index contributed by atoms with van der Waals surface area (Å²) in [5, 5.41) is 6.72. The normalized spacial score (nSPS) is 28.4. The molecular weight excluding hydrogens is 282 g/mol. The van der Waals surface area contributed by atoms with Crippen LogP contribution in [0.3, 0.4) is 0 Å². The van der Waals surface area contributed by atoms with Crippen molar-refractivity contribution in [2.75, 3.05) is 26.8 Å². The lowest BCUT2D eigenvalue weighted by molar-refractivity contribution is -0.160. The van der Waals surface area contributed by atoms with Crippen LogP contribution in [0.4, 0.5) is 0 Å². The molecule has 2 atom stereocenters. The first-order valence-corrected chi connectivity index (χ1v) is 8.16. The number of piperidine rings is 1. The van der Waals surface area contributed by atoms with Gasteiger partial charge in [-0.05, 0) is 37.7 Å². The lowest BCUT2D eigenvalue weighted by Crippen LogP contribution is -2.58. The van der Waals surface area contributed by atoms with Crippen molar-refractivity contribution in [1.29, 1.82) is 0 Å². The van der Waals surface area contributed by atoms with E-state index in [2.05, 4.69) is 10.2 Å². The zero-order valence-electron chi connectivity index (χ0n) is 13.2. The second-order valence-corrected chi connectivity index (χ2v) is 6.31. The van der Waals surface area contributed by atoms with E-state index in [1.165, 1.54) is 0 Å². The summed E-state index contributed by atoms with van der Waals surface area (Å²) in [5.74, 6) is 0.230. The largest absolute Gasteiger partial charge is 0.378 e. The monoisotopic (exact) mass is 307 g/mol. The molecule has 2 aliphatic heterocycles. The van der Waals surface area contributed by atoms with Gasteiger partial charge in [-0.15, -0.1) is 0 Å². The van der Waals surface area contributed by atoms with Crippen LogP contribution in [0.15, 0.2) is 12.4 Å². The van der Waals surface area contributed by atoms with Crippen LogP contribution in [0.1, 0.15) is 37.7 Å². The van der Waals surface area contributed by atoms with Gasteiger partial charge in [0.25, 0.3) is 0 Å². The van der Waals surface area contributed by atoms with E-state index in [0.717, 1.165) is 50.8 Å². The quantitative estimate of drug-likeness (QED) is 0.896. The first-order valence-electron chi connectivity index (χ1n) is 8.16. The summed E-state index contributed by atoms with van der Waals surface area (Å²) in [7, 11) is 1.75. The van der Waals surface area contributed by atoms with Gasteiger partial charge in [-0.25, -0.2) is 0 Å². The van der Waals surface area contributed by atoms with Crippen LogP contribution in [-0.2, 0) is 20.7 Å². The second-order valence-electron chi connectivity index (χ2n) is 6.31. The third kappa shape index (κ3) is 3.17. The van der Waals surface area contributed by atoms with Gasteiger partial charge in [0, 0.05) is 32.9 Å². The number of hydrogen-bond acceptors (Lipinski definition) is 4. The van der Waals surface area contributed by atoms with Crippen LogP contribution in [0.25, 0.3) is 0 Å². The van der Waals surface area contributed by atoms with Crippen molar-refractivity contribution in [1.82, 2.24) is 15.1 Å². The number of aromatic amines is 1. The van der Waals surface area contributed by atoms with E-state index in [1.807, 2.05) is 17.3 Å². The van der Waals surface area contributed by atoms with Crippen LogP contribution >= 0.6 is 0 Å². The average Bonchev–Trinajstić information content (AvgIpc) is 3.20. The third-order valence-electron chi connectivity index (χ3n) is 4.89. The predicted molar refractivity (Wildman–Crippen MR) is 81.4 cm³/mol. The summed E-state index contributed by atoms with van der Waals surface area (Å²) in [6, 6.07) is 0. The molecule has 1 amide bonds. The van der Waals surface area contributed by atoms with E-state index >= 15 is 0 Å². The smallest absolute Gasteiger partial charge is 0.222 e. The molecule has 2 fully saturated rings. The van der Waals surface area contributed by atoms with Crippen LogP contribution < -0.4 is 0 Å². The second kappa shape index (κ2) is 6.79. The molecule has 1 spiro atoms. The Bertz CT molecular complexity index is 483. The number of ether oxygens (including phenoxy) is 2. The fraction of sp³-hybridized carbons (Fsp3) is 0.750. The van der Waals surface area contributed by atoms with E-state index in [4.69, 9.17) is 9.47 Å². The average molecular weight is 307 g/mol. The van der Waals surface area contributed by atoms with Crippen molar-refractivity contribution >= 4 is 5.91 Å². The molecule has 0 unspecified atom stereocenters. The Morgan fingerprint density at radius 3 is 3.23 bits per heavy atom. The van der Waals surface area contributed by atoms with E-state index < -0.39 is 0 Å². The predicted octanol–water partition coefficient (Wildman–Crippen LogP) is 1.53. The number of aryl methyl sites for hydroxylation is 1. The molecule has 6 heteroatoms. The molecule has 1 aromatic rings. The minimum Gasteiger partial charge on any atom is -0.378 e. The molecule has 22 heavy (non-hydrogen) atoms. The Morgan fingerprint density at radius 1 is 1.64 bits per heavy atom. The van der Waals surface area contributed by atoms with Crippen LogP contribution in [0, 0.1) is 0 Å².